The van der Waals surface area contributed by atoms with Crippen molar-refractivity contribution in [3.63, 3.8) is 0 Å². The van der Waals surface area contributed by atoms with Crippen molar-refractivity contribution >= 4 is 28.7 Å². The Kier molecular flexibility index (Phi) is 4.79. The summed E-state index contributed by atoms with van der Waals surface area (Å²) in [5, 5.41) is 0. The van der Waals surface area contributed by atoms with Crippen LogP contribution in [0.2, 0.25) is 0 Å². The van der Waals surface area contributed by atoms with Gasteiger partial charge in [-0.05, 0) is 37.1 Å². The normalized spacial score (nSPS) is 15.5. The maximum absolute atomic E-state index is 12.5. The van der Waals surface area contributed by atoms with Crippen molar-refractivity contribution < 1.29 is 4.79 Å². The molecule has 1 saturated heterocycles. The average Bonchev–Trinajstić information content (AvgIpc) is 3.03. The van der Waals surface area contributed by atoms with Crippen LogP contribution in [0.5, 0.6) is 0 Å². The minimum absolute atomic E-state index is 0.0655. The second-order valence-corrected chi connectivity index (χ2v) is 7.45. The molecule has 0 saturated carbocycles. The number of thioether (sulfide) groups is 1. The van der Waals surface area contributed by atoms with E-state index in [1.165, 1.54) is 11.8 Å². The maximum Gasteiger partial charge on any atom is 0.326 e. The lowest BCUT2D eigenvalue weighted by molar-refractivity contribution is -0.129. The number of nitrogens with one attached hydrogen (secondary N) is 1. The number of hydrogen-bond donors (Lipinski definition) is 1. The van der Waals surface area contributed by atoms with E-state index < -0.39 is 0 Å². The van der Waals surface area contributed by atoms with Gasteiger partial charge in [0.15, 0.2) is 0 Å². The first-order valence-electron chi connectivity index (χ1n) is 8.72. The number of piperidine rings is 1. The summed E-state index contributed by atoms with van der Waals surface area (Å²) in [6.45, 7) is 1.37. The lowest BCUT2D eigenvalue weighted by Crippen LogP contribution is -2.41. The Balaban J connectivity index is 1.38. The van der Waals surface area contributed by atoms with Crippen molar-refractivity contribution in [3.8, 4) is 0 Å². The van der Waals surface area contributed by atoms with Crippen molar-refractivity contribution in [2.75, 3.05) is 18.8 Å². The van der Waals surface area contributed by atoms with Gasteiger partial charge in [0.2, 0.25) is 5.91 Å². The summed E-state index contributed by atoms with van der Waals surface area (Å²) in [7, 11) is 0. The van der Waals surface area contributed by atoms with E-state index in [1.54, 1.807) is 12.4 Å². The largest absolute Gasteiger partial charge is 0.342 e. The fraction of sp³-hybridized carbons (Fsp3) is 0.316. The minimum Gasteiger partial charge on any atom is -0.342 e. The molecule has 1 aliphatic heterocycles. The second kappa shape index (κ2) is 7.37. The molecular weight excluding hydrogens is 348 g/mol. The predicted molar refractivity (Wildman–Crippen MR) is 102 cm³/mol. The quantitative estimate of drug-likeness (QED) is 0.719. The van der Waals surface area contributed by atoms with E-state index in [2.05, 4.69) is 9.97 Å². The van der Waals surface area contributed by atoms with Crippen molar-refractivity contribution in [2.45, 2.75) is 23.8 Å². The number of benzene rings is 1. The van der Waals surface area contributed by atoms with Crippen LogP contribution in [0.4, 0.5) is 0 Å². The lowest BCUT2D eigenvalue weighted by atomic mass is 10.0. The number of nitrogens with zero attached hydrogens (tertiary/aromatic N) is 3. The van der Waals surface area contributed by atoms with Crippen LogP contribution in [0.25, 0.3) is 11.0 Å². The van der Waals surface area contributed by atoms with Crippen molar-refractivity contribution in [2.24, 2.45) is 0 Å². The van der Waals surface area contributed by atoms with E-state index >= 15 is 0 Å². The molecule has 4 rings (SSSR count). The predicted octanol–water partition coefficient (Wildman–Crippen LogP) is 2.68. The molecule has 26 heavy (non-hydrogen) atoms. The van der Waals surface area contributed by atoms with Gasteiger partial charge in [-0.25, -0.2) is 4.79 Å². The zero-order valence-corrected chi connectivity index (χ0v) is 15.1. The molecule has 1 fully saturated rings. The van der Waals surface area contributed by atoms with Gasteiger partial charge in [0.25, 0.3) is 0 Å². The monoisotopic (exact) mass is 368 g/mol. The van der Waals surface area contributed by atoms with E-state index in [4.69, 9.17) is 0 Å². The minimum atomic E-state index is -0.0655. The number of H-pyrrole nitrogens is 1. The van der Waals surface area contributed by atoms with Gasteiger partial charge in [0, 0.05) is 36.4 Å². The molecule has 6 nitrogen and oxygen atoms in total. The number of rotatable bonds is 4. The fourth-order valence-corrected chi connectivity index (χ4v) is 4.27. The molecule has 2 aromatic heterocycles. The number of imidazole rings is 1. The highest BCUT2D eigenvalue weighted by Gasteiger charge is 2.25. The van der Waals surface area contributed by atoms with Gasteiger partial charge in [0.05, 0.1) is 16.8 Å². The topological polar surface area (TPSA) is 71.0 Å². The highest BCUT2D eigenvalue weighted by molar-refractivity contribution is 8.00. The first-order chi connectivity index (χ1) is 12.7. The third-order valence-corrected chi connectivity index (χ3v) is 5.82. The number of hydrogen-bond acceptors (Lipinski definition) is 4. The molecule has 7 heteroatoms. The van der Waals surface area contributed by atoms with Gasteiger partial charge in [-0.1, -0.05) is 12.1 Å². The first kappa shape index (κ1) is 16.9. The molecule has 0 unspecified atom stereocenters. The fourth-order valence-electron chi connectivity index (χ4n) is 3.48. The Hall–Kier alpha value is -2.54. The molecule has 0 radical (unpaired) electrons. The Morgan fingerprint density at radius 1 is 1.15 bits per heavy atom. The van der Waals surface area contributed by atoms with E-state index in [0.717, 1.165) is 28.8 Å². The van der Waals surface area contributed by atoms with Crippen molar-refractivity contribution in [3.05, 3.63) is 59.3 Å². The first-order valence-corrected chi connectivity index (χ1v) is 9.71. The number of amides is 1. The van der Waals surface area contributed by atoms with Gasteiger partial charge in [-0.15, -0.1) is 11.8 Å². The van der Waals surface area contributed by atoms with Gasteiger partial charge >= 0.3 is 5.69 Å². The summed E-state index contributed by atoms with van der Waals surface area (Å²) in [4.78, 5) is 34.6. The maximum atomic E-state index is 12.5. The molecule has 134 valence electrons. The van der Waals surface area contributed by atoms with Crippen molar-refractivity contribution in [1.82, 2.24) is 19.4 Å². The number of fused-ring (bicyclic) bond motifs is 1. The van der Waals surface area contributed by atoms with E-state index in [1.807, 2.05) is 45.9 Å². The Morgan fingerprint density at radius 2 is 1.88 bits per heavy atom. The van der Waals surface area contributed by atoms with Crippen LogP contribution < -0.4 is 5.69 Å². The molecule has 1 amide bonds. The van der Waals surface area contributed by atoms with Crippen LogP contribution >= 0.6 is 11.8 Å². The summed E-state index contributed by atoms with van der Waals surface area (Å²) in [5.41, 5.74) is 1.74. The van der Waals surface area contributed by atoms with E-state index in [0.29, 0.717) is 18.8 Å². The van der Waals surface area contributed by atoms with Crippen LogP contribution in [0, 0.1) is 0 Å². The molecule has 1 aromatic carbocycles. The van der Waals surface area contributed by atoms with Crippen LogP contribution in [0.1, 0.15) is 18.9 Å². The second-order valence-electron chi connectivity index (χ2n) is 6.40. The summed E-state index contributed by atoms with van der Waals surface area (Å²) in [5.74, 6) is 0.582. The van der Waals surface area contributed by atoms with Crippen LogP contribution in [-0.2, 0) is 4.79 Å². The zero-order chi connectivity index (χ0) is 17.9. The number of aromatic nitrogens is 3. The summed E-state index contributed by atoms with van der Waals surface area (Å²) >= 11 is 1.53. The van der Waals surface area contributed by atoms with Gasteiger partial charge < -0.3 is 9.88 Å². The number of para-hydroxylation sites is 2. The number of aromatic amines is 1. The number of pyridine rings is 1. The molecule has 0 aliphatic carbocycles. The molecule has 0 atom stereocenters. The molecule has 3 aromatic rings. The van der Waals surface area contributed by atoms with E-state index in [-0.39, 0.29) is 17.6 Å². The summed E-state index contributed by atoms with van der Waals surface area (Å²) in [6.07, 6.45) is 5.06. The van der Waals surface area contributed by atoms with Gasteiger partial charge in [-0.3, -0.25) is 14.3 Å². The van der Waals surface area contributed by atoms with E-state index in [9.17, 15) is 9.59 Å². The summed E-state index contributed by atoms with van der Waals surface area (Å²) < 4.78 is 1.85. The smallest absolute Gasteiger partial charge is 0.326 e. The molecule has 1 aliphatic rings. The number of likely N-dealkylation sites (tertiary alicyclic amines) is 1. The Morgan fingerprint density at radius 3 is 2.65 bits per heavy atom. The Bertz CT molecular complexity index is 958. The highest BCUT2D eigenvalue weighted by Crippen LogP contribution is 2.25. The third kappa shape index (κ3) is 3.39. The molecule has 0 bridgehead atoms. The van der Waals surface area contributed by atoms with Gasteiger partial charge in [0.1, 0.15) is 0 Å². The number of carbonyl (C=O) groups is 1. The Labute approximate surface area is 155 Å². The van der Waals surface area contributed by atoms with Crippen molar-refractivity contribution in [1.29, 1.82) is 0 Å². The third-order valence-electron chi connectivity index (χ3n) is 4.82. The van der Waals surface area contributed by atoms with Crippen LogP contribution in [-0.4, -0.2) is 44.2 Å². The highest BCUT2D eigenvalue weighted by atomic mass is 32.2. The zero-order valence-electron chi connectivity index (χ0n) is 14.3. The summed E-state index contributed by atoms with van der Waals surface area (Å²) in [6, 6.07) is 11.7. The molecule has 1 N–H and O–H groups in total. The standard InChI is InChI=1S/C19H20N4O2S/c24-18(13-26-15-5-9-20-10-6-15)22-11-7-14(8-12-22)23-17-4-2-1-3-16(17)21-19(23)25/h1-6,9-10,14H,7-8,11-13H2,(H,21,25). The molecule has 3 heterocycles. The van der Waals surface area contributed by atoms with Crippen LogP contribution in [0.15, 0.2) is 58.5 Å². The SMILES string of the molecule is O=C(CSc1ccncc1)N1CCC(n2c(=O)[nH]c3ccccc32)CC1. The molecule has 0 spiro atoms. The average molecular weight is 368 g/mol. The van der Waals surface area contributed by atoms with Gasteiger partial charge in [-0.2, -0.15) is 0 Å². The number of carbonyl (C=O) groups excluding carboxylic acids is 1. The van der Waals surface area contributed by atoms with Crippen LogP contribution in [0.3, 0.4) is 0 Å². The molecular formula is C19H20N4O2S. The lowest BCUT2D eigenvalue weighted by Gasteiger charge is -2.32.